The number of fused-ring (bicyclic) bond motifs is 4. The third-order valence-corrected chi connectivity index (χ3v) is 10.4. The topological polar surface area (TPSA) is 50.5 Å². The Morgan fingerprint density at radius 3 is 2.41 bits per heavy atom. The number of rotatable bonds is 6. The zero-order chi connectivity index (χ0) is 34.1. The second-order valence-corrected chi connectivity index (χ2v) is 13.6. The average molecular weight is 659 g/mol. The average Bonchev–Trinajstić information content (AvgIpc) is 3.21. The minimum absolute atomic E-state index is 0.0764. The molecule has 3 aliphatic carbocycles. The molecule has 3 atom stereocenters. The van der Waals surface area contributed by atoms with Gasteiger partial charge in [-0.05, 0) is 90.0 Å². The molecule has 0 spiro atoms. The molecule has 0 saturated heterocycles. The molecule has 2 aliphatic heterocycles. The largest absolute Gasteiger partial charge is 0.272 e. The zero-order valence-electron chi connectivity index (χ0n) is 28.7. The summed E-state index contributed by atoms with van der Waals surface area (Å²) in [5, 5.41) is 0. The van der Waals surface area contributed by atoms with Gasteiger partial charge in [0.25, 0.3) is 0 Å². The highest BCUT2D eigenvalue weighted by molar-refractivity contribution is 6.21. The van der Waals surface area contributed by atoms with Crippen LogP contribution in [0.25, 0.3) is 28.5 Å². The van der Waals surface area contributed by atoms with Crippen LogP contribution >= 0.6 is 0 Å². The van der Waals surface area contributed by atoms with E-state index >= 15 is 0 Å². The van der Waals surface area contributed by atoms with E-state index in [9.17, 15) is 0 Å². The van der Waals surface area contributed by atoms with E-state index in [4.69, 9.17) is 20.0 Å². The van der Waals surface area contributed by atoms with Gasteiger partial charge in [0.1, 0.15) is 6.04 Å². The molecule has 2 aromatic carbocycles. The number of hydrogen-bond donors (Lipinski definition) is 0. The van der Waals surface area contributed by atoms with Crippen LogP contribution < -0.4 is 0 Å². The summed E-state index contributed by atoms with van der Waals surface area (Å²) in [4.78, 5) is 20.7. The Kier molecular flexibility index (Phi) is 8.13. The molecule has 0 N–H and O–H groups in total. The summed E-state index contributed by atoms with van der Waals surface area (Å²) >= 11 is 0. The summed E-state index contributed by atoms with van der Waals surface area (Å²) in [5.41, 5.74) is 15.6. The van der Waals surface area contributed by atoms with Crippen molar-refractivity contribution < 1.29 is 0 Å². The number of allylic oxidation sites excluding steroid dienone is 12. The fraction of sp³-hybridized carbons (Fsp3) is 0.149. The van der Waals surface area contributed by atoms with Gasteiger partial charge in [0, 0.05) is 34.9 Å². The van der Waals surface area contributed by atoms with Crippen molar-refractivity contribution in [2.75, 3.05) is 0 Å². The Bertz CT molecular complexity index is 2320. The molecule has 0 amide bonds. The first-order valence-electron chi connectivity index (χ1n) is 18.0. The first-order valence-corrected chi connectivity index (χ1v) is 18.0. The lowest BCUT2D eigenvalue weighted by molar-refractivity contribution is 0.592. The molecular weight excluding hydrogens is 621 g/mol. The minimum Gasteiger partial charge on any atom is -0.272 e. The van der Waals surface area contributed by atoms with Gasteiger partial charge in [-0.15, -0.1) is 0 Å². The van der Waals surface area contributed by atoms with Gasteiger partial charge in [0.15, 0.2) is 0 Å². The zero-order valence-corrected chi connectivity index (χ0v) is 28.7. The Balaban J connectivity index is 1.02. The van der Waals surface area contributed by atoms with Crippen LogP contribution in [0.15, 0.2) is 179 Å². The molecule has 51 heavy (non-hydrogen) atoms. The first-order chi connectivity index (χ1) is 25.2. The lowest BCUT2D eigenvalue weighted by Crippen LogP contribution is -2.21. The SMILES string of the molecule is C/C=C\C1=C(c2ccccc2)C2CC=CC=C2N=C1C1=CC(c2ccc(C3=NC4c5nc(-c6ccccc6)ccc5C=CC4C=C3)nc2)=CCC1. The smallest absolute Gasteiger partial charge is 0.103 e. The maximum atomic E-state index is 5.35. The van der Waals surface area contributed by atoms with Crippen molar-refractivity contribution in [3.8, 4) is 11.3 Å². The van der Waals surface area contributed by atoms with Crippen LogP contribution in [0.5, 0.6) is 0 Å². The summed E-state index contributed by atoms with van der Waals surface area (Å²) < 4.78 is 0. The van der Waals surface area contributed by atoms with Crippen molar-refractivity contribution in [1.82, 2.24) is 9.97 Å². The van der Waals surface area contributed by atoms with Crippen molar-refractivity contribution in [1.29, 1.82) is 0 Å². The van der Waals surface area contributed by atoms with E-state index in [0.717, 1.165) is 70.2 Å². The molecule has 4 heteroatoms. The monoisotopic (exact) mass is 658 g/mol. The summed E-state index contributed by atoms with van der Waals surface area (Å²) in [6.07, 6.45) is 29.3. The van der Waals surface area contributed by atoms with Crippen LogP contribution in [-0.2, 0) is 0 Å². The number of nitrogens with zero attached hydrogens (tertiary/aromatic N) is 4. The molecule has 2 aromatic heterocycles. The molecule has 3 unspecified atom stereocenters. The molecule has 0 bridgehead atoms. The van der Waals surface area contributed by atoms with Crippen molar-refractivity contribution in [3.05, 3.63) is 197 Å². The molecule has 0 fully saturated rings. The van der Waals surface area contributed by atoms with E-state index in [1.807, 2.05) is 12.3 Å². The molecule has 0 saturated carbocycles. The van der Waals surface area contributed by atoms with Crippen LogP contribution in [0.3, 0.4) is 0 Å². The van der Waals surface area contributed by atoms with Crippen molar-refractivity contribution in [2.45, 2.75) is 32.2 Å². The van der Waals surface area contributed by atoms with Gasteiger partial charge in [0.05, 0.1) is 28.5 Å². The van der Waals surface area contributed by atoms with Crippen molar-refractivity contribution in [2.24, 2.45) is 21.8 Å². The lowest BCUT2D eigenvalue weighted by Gasteiger charge is -2.31. The molecule has 246 valence electrons. The predicted molar refractivity (Wildman–Crippen MR) is 211 cm³/mol. The van der Waals surface area contributed by atoms with E-state index < -0.39 is 0 Å². The number of aromatic nitrogens is 2. The summed E-state index contributed by atoms with van der Waals surface area (Å²) in [7, 11) is 0. The van der Waals surface area contributed by atoms with Gasteiger partial charge in [-0.25, -0.2) is 4.98 Å². The molecule has 5 aliphatic rings. The Morgan fingerprint density at radius 2 is 1.61 bits per heavy atom. The van der Waals surface area contributed by atoms with Gasteiger partial charge in [-0.1, -0.05) is 121 Å². The summed E-state index contributed by atoms with van der Waals surface area (Å²) in [5.74, 6) is 0.437. The highest BCUT2D eigenvalue weighted by Gasteiger charge is 2.32. The highest BCUT2D eigenvalue weighted by atomic mass is 14.9. The van der Waals surface area contributed by atoms with E-state index in [-0.39, 0.29) is 17.9 Å². The van der Waals surface area contributed by atoms with Crippen LogP contribution in [0, 0.1) is 11.8 Å². The minimum atomic E-state index is -0.0764. The second kappa shape index (κ2) is 13.4. The first kappa shape index (κ1) is 31.0. The van der Waals surface area contributed by atoms with E-state index in [1.54, 1.807) is 0 Å². The number of benzene rings is 2. The summed E-state index contributed by atoms with van der Waals surface area (Å²) in [6, 6.07) is 29.7. The van der Waals surface area contributed by atoms with Gasteiger partial charge in [-0.3, -0.25) is 15.0 Å². The lowest BCUT2D eigenvalue weighted by atomic mass is 9.77. The molecule has 4 nitrogen and oxygen atoms in total. The van der Waals surface area contributed by atoms with Crippen molar-refractivity contribution >= 4 is 28.6 Å². The van der Waals surface area contributed by atoms with Crippen LogP contribution in [0.2, 0.25) is 0 Å². The third kappa shape index (κ3) is 5.87. The summed E-state index contributed by atoms with van der Waals surface area (Å²) in [6.45, 7) is 2.10. The van der Waals surface area contributed by atoms with Gasteiger partial charge in [-0.2, -0.15) is 0 Å². The maximum Gasteiger partial charge on any atom is 0.103 e. The van der Waals surface area contributed by atoms with Gasteiger partial charge < -0.3 is 0 Å². The fourth-order valence-corrected chi connectivity index (χ4v) is 7.86. The quantitative estimate of drug-likeness (QED) is 0.207. The number of pyridine rings is 2. The molecular formula is C47H38N4. The standard InChI is InChI=1S/C47H38N4/c1-2-12-39-44(32-15-7-4-8-16-32)38-19-9-10-20-41(38)50-45(39)36-18-11-17-35(29-36)37-25-27-42(48-30-37)43-28-24-34-22-21-33-23-26-40(31-13-5-3-6-14-31)49-46(33)47(34)51-43/h2-10,12-17,20-30,34,38,47H,11,18-19H2,1H3/b12-2-. The van der Waals surface area contributed by atoms with Crippen molar-refractivity contribution in [3.63, 3.8) is 0 Å². The normalized spacial score (nSPS) is 22.0. The highest BCUT2D eigenvalue weighted by Crippen LogP contribution is 2.44. The van der Waals surface area contributed by atoms with Crippen LogP contribution in [-0.4, -0.2) is 21.4 Å². The molecule has 0 radical (unpaired) electrons. The third-order valence-electron chi connectivity index (χ3n) is 10.4. The number of hydrogen-bond acceptors (Lipinski definition) is 4. The van der Waals surface area contributed by atoms with Crippen LogP contribution in [0.4, 0.5) is 0 Å². The molecule has 4 heterocycles. The Hall–Kier alpha value is -6.00. The maximum absolute atomic E-state index is 5.35. The Morgan fingerprint density at radius 1 is 0.804 bits per heavy atom. The van der Waals surface area contributed by atoms with E-state index in [1.165, 1.54) is 27.9 Å². The fourth-order valence-electron chi connectivity index (χ4n) is 7.86. The molecule has 4 aromatic rings. The van der Waals surface area contributed by atoms with E-state index in [2.05, 4.69) is 153 Å². The predicted octanol–water partition coefficient (Wildman–Crippen LogP) is 10.9. The molecule has 9 rings (SSSR count). The van der Waals surface area contributed by atoms with Gasteiger partial charge >= 0.3 is 0 Å². The number of aliphatic imine (C=N–C) groups is 2. The van der Waals surface area contributed by atoms with E-state index in [0.29, 0.717) is 0 Å². The number of dihydropyridines is 2. The second-order valence-electron chi connectivity index (χ2n) is 13.6. The van der Waals surface area contributed by atoms with Crippen LogP contribution in [0.1, 0.15) is 60.3 Å². The Labute approximate surface area is 299 Å². The van der Waals surface area contributed by atoms with Gasteiger partial charge in [0.2, 0.25) is 0 Å².